The molecule has 4 aromatic rings. The molecule has 8 heteroatoms. The smallest absolute Gasteiger partial charge is 0.165 e. The molecule has 0 saturated heterocycles. The number of benzene rings is 1. The van der Waals surface area contributed by atoms with Crippen molar-refractivity contribution in [2.75, 3.05) is 24.2 Å². The first kappa shape index (κ1) is 19.2. The summed E-state index contributed by atoms with van der Waals surface area (Å²) in [7, 11) is 2.01. The standard InChI is InChI=1S/C21H20BrN7/c1-3-9-29(2)18-8-7-16(27-28-18)17-11-15(13-5-4-6-14(22)10-13)19-20(23)24-12-25-21(19)26-17/h4-8,10-12H,3,9H2,1-2H3,(H2,23,24,25,26). The zero-order chi connectivity index (χ0) is 20.4. The average Bonchev–Trinajstić information content (AvgIpc) is 2.73. The monoisotopic (exact) mass is 449 g/mol. The molecule has 3 aromatic heterocycles. The fourth-order valence-corrected chi connectivity index (χ4v) is 3.62. The number of halogens is 1. The summed E-state index contributed by atoms with van der Waals surface area (Å²) in [6, 6.07) is 13.8. The maximum absolute atomic E-state index is 6.17. The van der Waals surface area contributed by atoms with Gasteiger partial charge in [0.2, 0.25) is 0 Å². The molecule has 29 heavy (non-hydrogen) atoms. The molecule has 0 saturated carbocycles. The molecule has 1 aromatic carbocycles. The van der Waals surface area contributed by atoms with Gasteiger partial charge < -0.3 is 10.6 Å². The molecule has 2 N–H and O–H groups in total. The molecule has 0 spiro atoms. The van der Waals surface area contributed by atoms with Gasteiger partial charge in [0.25, 0.3) is 0 Å². The zero-order valence-electron chi connectivity index (χ0n) is 16.2. The normalized spacial score (nSPS) is 11.0. The Morgan fingerprint density at radius 3 is 2.62 bits per heavy atom. The predicted octanol–water partition coefficient (Wildman–Crippen LogP) is 4.34. The summed E-state index contributed by atoms with van der Waals surface area (Å²) in [6.45, 7) is 3.06. The first-order chi connectivity index (χ1) is 14.1. The van der Waals surface area contributed by atoms with Gasteiger partial charge >= 0.3 is 0 Å². The molecule has 0 fully saturated rings. The lowest BCUT2D eigenvalue weighted by Gasteiger charge is -2.16. The second-order valence-electron chi connectivity index (χ2n) is 6.72. The molecule has 0 radical (unpaired) electrons. The molecule has 7 nitrogen and oxygen atoms in total. The number of nitrogens with two attached hydrogens (primary N) is 1. The maximum Gasteiger partial charge on any atom is 0.165 e. The molecule has 0 aliphatic carbocycles. The summed E-state index contributed by atoms with van der Waals surface area (Å²) in [6.07, 6.45) is 2.47. The van der Waals surface area contributed by atoms with E-state index in [-0.39, 0.29) is 0 Å². The lowest BCUT2D eigenvalue weighted by Crippen LogP contribution is -2.19. The maximum atomic E-state index is 6.17. The molecule has 4 rings (SSSR count). The first-order valence-electron chi connectivity index (χ1n) is 9.29. The van der Waals surface area contributed by atoms with Crippen molar-refractivity contribution in [1.82, 2.24) is 25.1 Å². The third-order valence-corrected chi connectivity index (χ3v) is 5.13. The molecule has 0 bridgehead atoms. The van der Waals surface area contributed by atoms with Gasteiger partial charge in [0.1, 0.15) is 17.8 Å². The number of hydrogen-bond donors (Lipinski definition) is 1. The van der Waals surface area contributed by atoms with Gasteiger partial charge in [0.05, 0.1) is 11.1 Å². The number of aromatic nitrogens is 5. The highest BCUT2D eigenvalue weighted by Crippen LogP contribution is 2.34. The average molecular weight is 450 g/mol. The van der Waals surface area contributed by atoms with E-state index in [1.165, 1.54) is 6.33 Å². The topological polar surface area (TPSA) is 93.7 Å². The van der Waals surface area contributed by atoms with Gasteiger partial charge in [-0.05, 0) is 47.9 Å². The van der Waals surface area contributed by atoms with Gasteiger partial charge in [0.15, 0.2) is 11.5 Å². The number of anilines is 2. The SMILES string of the molecule is CCCN(C)c1ccc(-c2cc(-c3cccc(Br)c3)c3c(N)ncnc3n2)nn1. The second-order valence-corrected chi connectivity index (χ2v) is 7.64. The highest BCUT2D eigenvalue weighted by molar-refractivity contribution is 9.10. The fraction of sp³-hybridized carbons (Fsp3) is 0.190. The number of nitrogen functional groups attached to an aromatic ring is 1. The summed E-state index contributed by atoms with van der Waals surface area (Å²) in [5, 5.41) is 9.48. The van der Waals surface area contributed by atoms with Crippen LogP contribution in [-0.2, 0) is 0 Å². The van der Waals surface area contributed by atoms with E-state index in [2.05, 4.69) is 52.9 Å². The predicted molar refractivity (Wildman–Crippen MR) is 119 cm³/mol. The Bertz CT molecular complexity index is 1160. The van der Waals surface area contributed by atoms with Crippen molar-refractivity contribution in [2.45, 2.75) is 13.3 Å². The van der Waals surface area contributed by atoms with E-state index in [0.717, 1.165) is 39.8 Å². The van der Waals surface area contributed by atoms with Crippen molar-refractivity contribution < 1.29 is 0 Å². The quantitative estimate of drug-likeness (QED) is 0.484. The van der Waals surface area contributed by atoms with Crippen LogP contribution in [-0.4, -0.2) is 38.7 Å². The summed E-state index contributed by atoms with van der Waals surface area (Å²) < 4.78 is 0.972. The van der Waals surface area contributed by atoms with E-state index in [9.17, 15) is 0 Å². The van der Waals surface area contributed by atoms with Gasteiger partial charge in [-0.1, -0.05) is 35.0 Å². The van der Waals surface area contributed by atoms with E-state index in [1.807, 2.05) is 49.5 Å². The lowest BCUT2D eigenvalue weighted by atomic mass is 10.0. The van der Waals surface area contributed by atoms with Crippen LogP contribution >= 0.6 is 15.9 Å². The van der Waals surface area contributed by atoms with Crippen LogP contribution in [0.25, 0.3) is 33.5 Å². The molecular formula is C21H20BrN7. The van der Waals surface area contributed by atoms with Crippen LogP contribution in [0.2, 0.25) is 0 Å². The van der Waals surface area contributed by atoms with Crippen LogP contribution in [0.5, 0.6) is 0 Å². The van der Waals surface area contributed by atoms with Crippen molar-refractivity contribution in [3.63, 3.8) is 0 Å². The molecule has 0 aliphatic heterocycles. The third-order valence-electron chi connectivity index (χ3n) is 4.63. The molecule has 146 valence electrons. The van der Waals surface area contributed by atoms with Crippen LogP contribution in [0.15, 0.2) is 53.3 Å². The summed E-state index contributed by atoms with van der Waals surface area (Å²) in [4.78, 5) is 15.2. The Balaban J connectivity index is 1.86. The first-order valence-corrected chi connectivity index (χ1v) is 10.1. The lowest BCUT2D eigenvalue weighted by molar-refractivity contribution is 0.822. The van der Waals surface area contributed by atoms with E-state index in [4.69, 9.17) is 5.73 Å². The van der Waals surface area contributed by atoms with Crippen LogP contribution in [0.4, 0.5) is 11.6 Å². The van der Waals surface area contributed by atoms with E-state index < -0.39 is 0 Å². The Morgan fingerprint density at radius 2 is 1.90 bits per heavy atom. The molecule has 0 atom stereocenters. The van der Waals surface area contributed by atoms with E-state index >= 15 is 0 Å². The number of hydrogen-bond acceptors (Lipinski definition) is 7. The minimum Gasteiger partial charge on any atom is -0.383 e. The Labute approximate surface area is 177 Å². The highest BCUT2D eigenvalue weighted by Gasteiger charge is 2.15. The Morgan fingerprint density at radius 1 is 1.03 bits per heavy atom. The van der Waals surface area contributed by atoms with Crippen molar-refractivity contribution in [3.05, 3.63) is 53.3 Å². The van der Waals surface area contributed by atoms with Crippen LogP contribution in [0.1, 0.15) is 13.3 Å². The van der Waals surface area contributed by atoms with Crippen LogP contribution < -0.4 is 10.6 Å². The van der Waals surface area contributed by atoms with Gasteiger partial charge in [-0.2, -0.15) is 0 Å². The van der Waals surface area contributed by atoms with Crippen molar-refractivity contribution in [1.29, 1.82) is 0 Å². The minimum atomic E-state index is 0.395. The highest BCUT2D eigenvalue weighted by atomic mass is 79.9. The van der Waals surface area contributed by atoms with Gasteiger partial charge in [-0.15, -0.1) is 10.2 Å². The largest absolute Gasteiger partial charge is 0.383 e. The number of nitrogens with zero attached hydrogens (tertiary/aromatic N) is 6. The number of rotatable bonds is 5. The summed E-state index contributed by atoms with van der Waals surface area (Å²) in [5.41, 5.74) is 9.94. The molecule has 0 unspecified atom stereocenters. The van der Waals surface area contributed by atoms with Crippen molar-refractivity contribution in [2.24, 2.45) is 0 Å². The molecular weight excluding hydrogens is 430 g/mol. The van der Waals surface area contributed by atoms with Crippen molar-refractivity contribution >= 4 is 38.6 Å². The molecule has 3 heterocycles. The third kappa shape index (κ3) is 3.88. The fourth-order valence-electron chi connectivity index (χ4n) is 3.22. The van der Waals surface area contributed by atoms with E-state index in [0.29, 0.717) is 22.9 Å². The molecule has 0 aliphatic rings. The van der Waals surface area contributed by atoms with Gasteiger partial charge in [-0.3, -0.25) is 0 Å². The van der Waals surface area contributed by atoms with Crippen LogP contribution in [0, 0.1) is 0 Å². The van der Waals surface area contributed by atoms with Gasteiger partial charge in [-0.25, -0.2) is 15.0 Å². The zero-order valence-corrected chi connectivity index (χ0v) is 17.8. The Hall–Kier alpha value is -3.13. The van der Waals surface area contributed by atoms with Crippen molar-refractivity contribution in [3.8, 4) is 22.5 Å². The molecule has 0 amide bonds. The number of pyridine rings is 1. The minimum absolute atomic E-state index is 0.395. The Kier molecular flexibility index (Phi) is 5.35. The van der Waals surface area contributed by atoms with Gasteiger partial charge in [0, 0.05) is 18.1 Å². The summed E-state index contributed by atoms with van der Waals surface area (Å²) >= 11 is 3.53. The van der Waals surface area contributed by atoms with E-state index in [1.54, 1.807) is 0 Å². The summed E-state index contributed by atoms with van der Waals surface area (Å²) in [5.74, 6) is 1.22. The van der Waals surface area contributed by atoms with Crippen LogP contribution in [0.3, 0.4) is 0 Å². The second kappa shape index (κ2) is 8.08. The number of fused-ring (bicyclic) bond motifs is 1.